The molecule has 1 aromatic carbocycles. The van der Waals surface area contributed by atoms with Gasteiger partial charge in [0.25, 0.3) is 0 Å². The fraction of sp³-hybridized carbons (Fsp3) is 0.0625. The molecule has 2 nitrogen and oxygen atoms in total. The Hall–Kier alpha value is -2.35. The van der Waals surface area contributed by atoms with Gasteiger partial charge in [-0.1, -0.05) is 18.2 Å². The first-order valence-electron chi connectivity index (χ1n) is 6.14. The molecule has 4 rings (SSSR count). The van der Waals surface area contributed by atoms with Crippen LogP contribution in [0.1, 0.15) is 5.56 Å². The van der Waals surface area contributed by atoms with E-state index in [0.717, 1.165) is 0 Å². The number of nitrogens with one attached hydrogen (secondary N) is 1. The van der Waals surface area contributed by atoms with Gasteiger partial charge in [0.2, 0.25) is 5.52 Å². The summed E-state index contributed by atoms with van der Waals surface area (Å²) in [4.78, 5) is 3.52. The van der Waals surface area contributed by atoms with E-state index in [0.29, 0.717) is 0 Å². The van der Waals surface area contributed by atoms with Crippen molar-refractivity contribution >= 4 is 27.3 Å². The Bertz CT molecular complexity index is 887. The maximum absolute atomic E-state index is 3.52. The lowest BCUT2D eigenvalue weighted by Gasteiger charge is -1.94. The highest BCUT2D eigenvalue weighted by Gasteiger charge is 2.12. The molecule has 0 amide bonds. The van der Waals surface area contributed by atoms with Gasteiger partial charge in [-0.2, -0.15) is 4.40 Å². The third-order valence-corrected chi connectivity index (χ3v) is 3.53. The molecule has 0 aliphatic rings. The molecule has 0 atom stereocenters. The van der Waals surface area contributed by atoms with Gasteiger partial charge >= 0.3 is 0 Å². The number of aryl methyl sites for hydroxylation is 1. The largest absolute Gasteiger partial charge is 0.349 e. The van der Waals surface area contributed by atoms with Crippen LogP contribution in [0.15, 0.2) is 54.9 Å². The zero-order valence-corrected chi connectivity index (χ0v) is 10.1. The van der Waals surface area contributed by atoms with E-state index in [2.05, 4.69) is 71.2 Å². The molecule has 0 aliphatic heterocycles. The number of aromatic amines is 1. The minimum absolute atomic E-state index is 1.20. The Morgan fingerprint density at radius 3 is 2.78 bits per heavy atom. The Morgan fingerprint density at radius 1 is 0.944 bits per heavy atom. The van der Waals surface area contributed by atoms with Gasteiger partial charge in [0.15, 0.2) is 12.4 Å². The average Bonchev–Trinajstić information content (AvgIpc) is 2.77. The molecule has 4 aromatic rings. The summed E-state index contributed by atoms with van der Waals surface area (Å²) < 4.78 is 2.17. The van der Waals surface area contributed by atoms with Crippen LogP contribution in [0.2, 0.25) is 0 Å². The van der Waals surface area contributed by atoms with Crippen LogP contribution in [0.4, 0.5) is 0 Å². The topological polar surface area (TPSA) is 19.9 Å². The molecule has 86 valence electrons. The Morgan fingerprint density at radius 2 is 1.83 bits per heavy atom. The Balaban J connectivity index is 2.28. The second-order valence-corrected chi connectivity index (χ2v) is 4.77. The summed E-state index contributed by atoms with van der Waals surface area (Å²) >= 11 is 0. The van der Waals surface area contributed by atoms with Crippen molar-refractivity contribution in [2.75, 3.05) is 0 Å². The van der Waals surface area contributed by atoms with Crippen molar-refractivity contribution in [3.05, 3.63) is 60.4 Å². The van der Waals surface area contributed by atoms with Gasteiger partial charge in [0, 0.05) is 34.0 Å². The zero-order chi connectivity index (χ0) is 12.1. The molecule has 0 saturated heterocycles. The molecule has 0 fully saturated rings. The number of hydrogen-bond donors (Lipinski definition) is 1. The van der Waals surface area contributed by atoms with Crippen LogP contribution < -0.4 is 4.40 Å². The number of aromatic nitrogens is 2. The smallest absolute Gasteiger partial charge is 0.234 e. The molecule has 0 bridgehead atoms. The van der Waals surface area contributed by atoms with Crippen LogP contribution in [-0.4, -0.2) is 4.98 Å². The number of nitrogens with zero attached hydrogens (tertiary/aromatic N) is 1. The van der Waals surface area contributed by atoms with Gasteiger partial charge in [0.05, 0.1) is 0 Å². The Kier molecular flexibility index (Phi) is 1.78. The third-order valence-electron chi connectivity index (χ3n) is 3.53. The molecule has 0 saturated carbocycles. The first-order chi connectivity index (χ1) is 8.83. The summed E-state index contributed by atoms with van der Waals surface area (Å²) in [5.41, 5.74) is 4.89. The first-order valence-corrected chi connectivity index (χ1v) is 6.14. The summed E-state index contributed by atoms with van der Waals surface area (Å²) in [5.74, 6) is 0. The summed E-state index contributed by atoms with van der Waals surface area (Å²) in [5, 5.41) is 2.57. The van der Waals surface area contributed by atoms with Crippen molar-refractivity contribution in [2.45, 2.75) is 6.92 Å². The highest BCUT2D eigenvalue weighted by Crippen LogP contribution is 2.26. The number of para-hydroxylation sites is 1. The normalized spacial score (nSPS) is 11.6. The van der Waals surface area contributed by atoms with Gasteiger partial charge < -0.3 is 4.98 Å². The summed E-state index contributed by atoms with van der Waals surface area (Å²) in [6, 6.07) is 15.0. The van der Waals surface area contributed by atoms with Crippen LogP contribution in [0.3, 0.4) is 0 Å². The summed E-state index contributed by atoms with van der Waals surface area (Å²) in [6.45, 7) is 2.11. The molecule has 0 aliphatic carbocycles. The Labute approximate surface area is 104 Å². The van der Waals surface area contributed by atoms with Crippen LogP contribution >= 0.6 is 0 Å². The number of pyridine rings is 2. The minimum atomic E-state index is 1.20. The quantitative estimate of drug-likeness (QED) is 0.449. The van der Waals surface area contributed by atoms with Gasteiger partial charge in [-0.15, -0.1) is 0 Å². The van der Waals surface area contributed by atoms with Crippen molar-refractivity contribution in [3.63, 3.8) is 0 Å². The van der Waals surface area contributed by atoms with Gasteiger partial charge in [-0.05, 0) is 19.1 Å². The highest BCUT2D eigenvalue weighted by molar-refractivity contribution is 6.10. The number of H-pyrrole nitrogens is 1. The number of hydrogen-bond acceptors (Lipinski definition) is 0. The number of rotatable bonds is 0. The molecular formula is C16H13N2+. The first kappa shape index (κ1) is 9.66. The monoisotopic (exact) mass is 233 g/mol. The molecule has 1 N–H and O–H groups in total. The van der Waals surface area contributed by atoms with Crippen LogP contribution in [0, 0.1) is 6.92 Å². The molecule has 3 heterocycles. The molecule has 0 unspecified atom stereocenters. The third kappa shape index (κ3) is 1.20. The molecule has 0 radical (unpaired) electrons. The van der Waals surface area contributed by atoms with Crippen LogP contribution in [-0.2, 0) is 0 Å². The standard InChI is InChI=1S/C16H12N2/c1-11-6-7-15-16-13(8-9-18(15)10-11)12-4-2-3-5-14(12)17-16/h2-10H,1H3/p+1. The van der Waals surface area contributed by atoms with Crippen LogP contribution in [0.5, 0.6) is 0 Å². The SMILES string of the molecule is Cc1ccc2c3[nH]c4ccccc4c3cc[n+]2c1. The van der Waals surface area contributed by atoms with Gasteiger partial charge in [-0.3, -0.25) is 0 Å². The van der Waals surface area contributed by atoms with Crippen LogP contribution in [0.25, 0.3) is 27.3 Å². The molecule has 0 spiro atoms. The van der Waals surface area contributed by atoms with Crippen molar-refractivity contribution in [3.8, 4) is 0 Å². The predicted molar refractivity (Wildman–Crippen MR) is 73.7 cm³/mol. The zero-order valence-electron chi connectivity index (χ0n) is 10.1. The van der Waals surface area contributed by atoms with E-state index in [-0.39, 0.29) is 0 Å². The van der Waals surface area contributed by atoms with Gasteiger partial charge in [-0.25, -0.2) is 0 Å². The number of fused-ring (bicyclic) bond motifs is 5. The second kappa shape index (κ2) is 3.33. The lowest BCUT2D eigenvalue weighted by atomic mass is 10.1. The maximum Gasteiger partial charge on any atom is 0.234 e. The second-order valence-electron chi connectivity index (χ2n) is 4.77. The maximum atomic E-state index is 3.52. The molecule has 2 heteroatoms. The molecule has 18 heavy (non-hydrogen) atoms. The summed E-state index contributed by atoms with van der Waals surface area (Å²) in [7, 11) is 0. The van der Waals surface area contributed by atoms with Gasteiger partial charge in [0.1, 0.15) is 5.52 Å². The van der Waals surface area contributed by atoms with Crippen molar-refractivity contribution in [1.29, 1.82) is 0 Å². The van der Waals surface area contributed by atoms with E-state index in [9.17, 15) is 0 Å². The minimum Gasteiger partial charge on any atom is -0.349 e. The fourth-order valence-electron chi connectivity index (χ4n) is 2.66. The molecule has 3 aromatic heterocycles. The van der Waals surface area contributed by atoms with Crippen molar-refractivity contribution in [1.82, 2.24) is 4.98 Å². The van der Waals surface area contributed by atoms with E-state index < -0.39 is 0 Å². The predicted octanol–water partition coefficient (Wildman–Crippen LogP) is 3.37. The lowest BCUT2D eigenvalue weighted by Crippen LogP contribution is -2.20. The van der Waals surface area contributed by atoms with E-state index in [4.69, 9.17) is 0 Å². The number of benzene rings is 1. The van der Waals surface area contributed by atoms with Crippen molar-refractivity contribution < 1.29 is 4.40 Å². The molecular weight excluding hydrogens is 220 g/mol. The van der Waals surface area contributed by atoms with E-state index in [1.54, 1.807) is 0 Å². The lowest BCUT2D eigenvalue weighted by molar-refractivity contribution is -0.511. The van der Waals surface area contributed by atoms with Crippen molar-refractivity contribution in [2.24, 2.45) is 0 Å². The van der Waals surface area contributed by atoms with E-state index in [1.165, 1.54) is 32.9 Å². The average molecular weight is 233 g/mol. The van der Waals surface area contributed by atoms with E-state index in [1.807, 2.05) is 0 Å². The highest BCUT2D eigenvalue weighted by atomic mass is 14.9. The summed E-state index contributed by atoms with van der Waals surface area (Å²) in [6.07, 6.45) is 4.28. The fourth-order valence-corrected chi connectivity index (χ4v) is 2.66. The van der Waals surface area contributed by atoms with E-state index >= 15 is 0 Å².